The minimum absolute atomic E-state index is 0.115. The van der Waals surface area contributed by atoms with Crippen molar-refractivity contribution in [1.29, 1.82) is 0 Å². The number of hydrogen-bond acceptors (Lipinski definition) is 9. The molecule has 0 aromatic heterocycles. The number of unbranched alkanes of at least 4 members (excludes halogenated alkanes) is 26. The van der Waals surface area contributed by atoms with Gasteiger partial charge < -0.3 is 39.4 Å². The van der Waals surface area contributed by atoms with E-state index in [0.717, 1.165) is 57.8 Å². The lowest BCUT2D eigenvalue weighted by molar-refractivity contribution is -0.305. The maximum atomic E-state index is 12.8. The van der Waals surface area contributed by atoms with Crippen molar-refractivity contribution in [3.05, 3.63) is 24.3 Å². The highest BCUT2D eigenvalue weighted by Crippen LogP contribution is 2.23. The molecule has 0 amide bonds. The van der Waals surface area contributed by atoms with Crippen molar-refractivity contribution in [1.82, 2.24) is 0 Å². The first-order valence-corrected chi connectivity index (χ1v) is 23.9. The summed E-state index contributed by atoms with van der Waals surface area (Å²) in [5.41, 5.74) is 0. The molecule has 1 rings (SSSR count). The van der Waals surface area contributed by atoms with Gasteiger partial charge in [-0.1, -0.05) is 186 Å². The number of hydrogen-bond donors (Lipinski definition) is 4. The van der Waals surface area contributed by atoms with Crippen molar-refractivity contribution in [3.63, 3.8) is 0 Å². The summed E-state index contributed by atoms with van der Waals surface area (Å²) in [6.07, 6.45) is 39.2. The molecular formula is C48H90O9. The van der Waals surface area contributed by atoms with Gasteiger partial charge in [0.2, 0.25) is 0 Å². The zero-order chi connectivity index (χ0) is 41.4. The third-order valence-electron chi connectivity index (χ3n) is 11.1. The first-order chi connectivity index (χ1) is 27.9. The molecule has 1 heterocycles. The van der Waals surface area contributed by atoms with Gasteiger partial charge in [-0.05, 0) is 44.9 Å². The standard InChI is InChI=1S/C48H90O9/c1-3-5-7-9-11-13-15-17-19-21-22-24-26-28-30-32-34-36-38-54-40-42(41-55-48-47(53)46(52)45(51)43(39-49)57-48)56-44(50)37-35-33-31-29-27-25-23-20-18-16-14-12-10-8-6-4-2/h14,16,20,23,42-43,45-49,51-53H,3-13,15,17-19,21-22,24-41H2,1-2H3/b16-14-,23-20-. The Morgan fingerprint density at radius 2 is 1.02 bits per heavy atom. The van der Waals surface area contributed by atoms with E-state index in [2.05, 4.69) is 38.2 Å². The molecule has 1 aliphatic rings. The van der Waals surface area contributed by atoms with Crippen LogP contribution in [-0.4, -0.2) is 89.6 Å². The van der Waals surface area contributed by atoms with Crippen LogP contribution >= 0.6 is 0 Å². The molecule has 6 unspecified atom stereocenters. The summed E-state index contributed by atoms with van der Waals surface area (Å²) in [5, 5.41) is 40.1. The van der Waals surface area contributed by atoms with E-state index in [0.29, 0.717) is 13.0 Å². The second kappa shape index (κ2) is 40.1. The molecule has 4 N–H and O–H groups in total. The fourth-order valence-corrected chi connectivity index (χ4v) is 7.35. The molecular weight excluding hydrogens is 721 g/mol. The molecule has 6 atom stereocenters. The molecule has 57 heavy (non-hydrogen) atoms. The monoisotopic (exact) mass is 811 g/mol. The lowest BCUT2D eigenvalue weighted by Crippen LogP contribution is -2.59. The van der Waals surface area contributed by atoms with Crippen LogP contribution < -0.4 is 0 Å². The number of aliphatic hydroxyl groups is 4. The highest BCUT2D eigenvalue weighted by atomic mass is 16.7. The molecule has 0 aromatic rings. The zero-order valence-electron chi connectivity index (χ0n) is 36.9. The van der Waals surface area contributed by atoms with Crippen LogP contribution in [0.4, 0.5) is 0 Å². The molecule has 1 fully saturated rings. The fraction of sp³-hybridized carbons (Fsp3) is 0.896. The lowest BCUT2D eigenvalue weighted by atomic mass is 9.99. The molecule has 0 radical (unpaired) electrons. The zero-order valence-corrected chi connectivity index (χ0v) is 36.9. The Balaban J connectivity index is 2.24. The van der Waals surface area contributed by atoms with E-state index in [4.69, 9.17) is 18.9 Å². The third-order valence-corrected chi connectivity index (χ3v) is 11.1. The van der Waals surface area contributed by atoms with Crippen LogP contribution in [0.3, 0.4) is 0 Å². The van der Waals surface area contributed by atoms with Crippen molar-refractivity contribution in [3.8, 4) is 0 Å². The second-order valence-electron chi connectivity index (χ2n) is 16.6. The smallest absolute Gasteiger partial charge is 0.306 e. The van der Waals surface area contributed by atoms with Crippen LogP contribution in [0.5, 0.6) is 0 Å². The minimum atomic E-state index is -1.54. The van der Waals surface area contributed by atoms with Crippen LogP contribution in [0.1, 0.15) is 213 Å². The van der Waals surface area contributed by atoms with Crippen LogP contribution in [0.2, 0.25) is 0 Å². The van der Waals surface area contributed by atoms with E-state index in [1.807, 2.05) is 0 Å². The molecule has 0 aromatic carbocycles. The first kappa shape index (κ1) is 53.7. The van der Waals surface area contributed by atoms with E-state index in [9.17, 15) is 25.2 Å². The molecule has 9 nitrogen and oxygen atoms in total. The van der Waals surface area contributed by atoms with Crippen molar-refractivity contribution in [2.45, 2.75) is 250 Å². The number of aliphatic hydroxyl groups excluding tert-OH is 4. The Kier molecular flexibility index (Phi) is 37.8. The summed E-state index contributed by atoms with van der Waals surface area (Å²) in [4.78, 5) is 12.8. The average Bonchev–Trinajstić information content (AvgIpc) is 3.21. The maximum Gasteiger partial charge on any atom is 0.306 e. The van der Waals surface area contributed by atoms with E-state index < -0.39 is 43.4 Å². The van der Waals surface area contributed by atoms with Crippen molar-refractivity contribution >= 4 is 5.97 Å². The molecule has 1 aliphatic heterocycles. The molecule has 0 bridgehead atoms. The minimum Gasteiger partial charge on any atom is -0.457 e. The van der Waals surface area contributed by atoms with Gasteiger partial charge in [0.15, 0.2) is 6.29 Å². The average molecular weight is 811 g/mol. The normalized spacial score (nSPS) is 20.6. The van der Waals surface area contributed by atoms with Gasteiger partial charge in [0.25, 0.3) is 0 Å². The Hall–Kier alpha value is -1.33. The van der Waals surface area contributed by atoms with Crippen molar-refractivity contribution in [2.75, 3.05) is 26.4 Å². The largest absolute Gasteiger partial charge is 0.457 e. The summed E-state index contributed by atoms with van der Waals surface area (Å²) in [5.74, 6) is -0.324. The molecule has 336 valence electrons. The SMILES string of the molecule is CCCCCC/C=C\C/C=C\CCCCCCCC(=O)OC(COCCCCCCCCCCCCCCCCCCCC)COC1OC(CO)C(O)C(O)C1O. The highest BCUT2D eigenvalue weighted by molar-refractivity contribution is 5.69. The molecule has 0 aliphatic carbocycles. The maximum absolute atomic E-state index is 12.8. The molecule has 1 saturated heterocycles. The molecule has 0 saturated carbocycles. The van der Waals surface area contributed by atoms with Gasteiger partial charge in [-0.3, -0.25) is 4.79 Å². The number of esters is 1. The Morgan fingerprint density at radius 3 is 1.53 bits per heavy atom. The Labute approximate surface area is 349 Å². The topological polar surface area (TPSA) is 135 Å². The number of carbonyl (C=O) groups excluding carboxylic acids is 1. The van der Waals surface area contributed by atoms with E-state index in [1.54, 1.807) is 0 Å². The predicted molar refractivity (Wildman–Crippen MR) is 233 cm³/mol. The summed E-state index contributed by atoms with van der Waals surface area (Å²) in [6.45, 7) is 4.56. The number of carbonyl (C=O) groups is 1. The second-order valence-corrected chi connectivity index (χ2v) is 16.6. The van der Waals surface area contributed by atoms with Gasteiger partial charge in [0, 0.05) is 13.0 Å². The lowest BCUT2D eigenvalue weighted by Gasteiger charge is -2.39. The Morgan fingerprint density at radius 1 is 0.561 bits per heavy atom. The fourth-order valence-electron chi connectivity index (χ4n) is 7.35. The molecule has 9 heteroatoms. The summed E-state index contributed by atoms with van der Waals surface area (Å²) < 4.78 is 22.8. The molecule has 0 spiro atoms. The van der Waals surface area contributed by atoms with Gasteiger partial charge in [-0.15, -0.1) is 0 Å². The Bertz CT molecular complexity index is 926. The van der Waals surface area contributed by atoms with Crippen LogP contribution in [-0.2, 0) is 23.7 Å². The van der Waals surface area contributed by atoms with Crippen LogP contribution in [0.25, 0.3) is 0 Å². The van der Waals surface area contributed by atoms with Gasteiger partial charge in [0.1, 0.15) is 30.5 Å². The number of ether oxygens (including phenoxy) is 4. The van der Waals surface area contributed by atoms with Gasteiger partial charge >= 0.3 is 5.97 Å². The van der Waals surface area contributed by atoms with Gasteiger partial charge in [-0.25, -0.2) is 0 Å². The van der Waals surface area contributed by atoms with Crippen LogP contribution in [0.15, 0.2) is 24.3 Å². The van der Waals surface area contributed by atoms with E-state index in [-0.39, 0.29) is 19.2 Å². The van der Waals surface area contributed by atoms with Gasteiger partial charge in [-0.2, -0.15) is 0 Å². The number of allylic oxidation sites excluding steroid dienone is 4. The van der Waals surface area contributed by atoms with Crippen molar-refractivity contribution in [2.24, 2.45) is 0 Å². The summed E-state index contributed by atoms with van der Waals surface area (Å²) >= 11 is 0. The van der Waals surface area contributed by atoms with Crippen LogP contribution in [0, 0.1) is 0 Å². The quantitative estimate of drug-likeness (QED) is 0.0270. The van der Waals surface area contributed by atoms with E-state index >= 15 is 0 Å². The number of rotatable bonds is 41. The van der Waals surface area contributed by atoms with Crippen molar-refractivity contribution < 1.29 is 44.2 Å². The summed E-state index contributed by atoms with van der Waals surface area (Å²) in [6, 6.07) is 0. The summed E-state index contributed by atoms with van der Waals surface area (Å²) in [7, 11) is 0. The highest BCUT2D eigenvalue weighted by Gasteiger charge is 2.44. The van der Waals surface area contributed by atoms with E-state index in [1.165, 1.54) is 135 Å². The first-order valence-electron chi connectivity index (χ1n) is 23.9. The third kappa shape index (κ3) is 31.2. The van der Waals surface area contributed by atoms with Gasteiger partial charge in [0.05, 0.1) is 19.8 Å². The predicted octanol–water partition coefficient (Wildman–Crippen LogP) is 11.0.